The van der Waals surface area contributed by atoms with Gasteiger partial charge in [-0.15, -0.1) is 0 Å². The molecule has 0 radical (unpaired) electrons. The van der Waals surface area contributed by atoms with Crippen molar-refractivity contribution in [3.63, 3.8) is 0 Å². The maximum absolute atomic E-state index is 13.0. The van der Waals surface area contributed by atoms with Gasteiger partial charge in [-0.2, -0.15) is 0 Å². The van der Waals surface area contributed by atoms with Gasteiger partial charge < -0.3 is 4.90 Å². The molecule has 3 nitrogen and oxygen atoms in total. The van der Waals surface area contributed by atoms with Gasteiger partial charge in [0.2, 0.25) is 5.91 Å². The molecule has 1 amide bonds. The van der Waals surface area contributed by atoms with Crippen LogP contribution in [0.1, 0.15) is 16.7 Å². The summed E-state index contributed by atoms with van der Waals surface area (Å²) >= 11 is 0. The number of nitrogens with zero attached hydrogens (tertiary/aromatic N) is 2. The average molecular weight is 326 g/mol. The minimum Gasteiger partial charge on any atom is -0.344 e. The molecular weight excluding hydrogens is 303 g/mol. The zero-order valence-electron chi connectivity index (χ0n) is 14.2. The zero-order valence-corrected chi connectivity index (χ0v) is 14.2. The first-order valence-electron chi connectivity index (χ1n) is 8.28. The van der Waals surface area contributed by atoms with E-state index in [-0.39, 0.29) is 11.7 Å². The summed E-state index contributed by atoms with van der Waals surface area (Å²) in [6, 6.07) is 15.0. The Morgan fingerprint density at radius 2 is 1.83 bits per heavy atom. The van der Waals surface area contributed by atoms with Gasteiger partial charge in [0.1, 0.15) is 5.82 Å². The molecule has 0 spiro atoms. The lowest BCUT2D eigenvalue weighted by Crippen LogP contribution is -2.46. The van der Waals surface area contributed by atoms with Crippen molar-refractivity contribution in [2.75, 3.05) is 20.6 Å². The molecule has 0 saturated heterocycles. The quantitative estimate of drug-likeness (QED) is 0.862. The van der Waals surface area contributed by atoms with Crippen molar-refractivity contribution >= 4 is 5.91 Å². The Morgan fingerprint density at radius 1 is 1.17 bits per heavy atom. The standard InChI is InChI=1S/C20H23FN2O/c1-22-13-17-6-4-3-5-16(17)12-19(22)14-23(2)20(24)11-15-7-9-18(21)10-8-15/h3-10,19H,11-14H2,1-2H3. The van der Waals surface area contributed by atoms with Crippen LogP contribution in [0.15, 0.2) is 48.5 Å². The van der Waals surface area contributed by atoms with Crippen LogP contribution >= 0.6 is 0 Å². The van der Waals surface area contributed by atoms with Crippen LogP contribution in [0.5, 0.6) is 0 Å². The van der Waals surface area contributed by atoms with Gasteiger partial charge in [0, 0.05) is 26.2 Å². The molecule has 1 heterocycles. The van der Waals surface area contributed by atoms with E-state index in [9.17, 15) is 9.18 Å². The molecule has 1 aliphatic heterocycles. The third kappa shape index (κ3) is 3.82. The van der Waals surface area contributed by atoms with Crippen molar-refractivity contribution in [2.24, 2.45) is 0 Å². The van der Waals surface area contributed by atoms with Crippen molar-refractivity contribution < 1.29 is 9.18 Å². The van der Waals surface area contributed by atoms with Crippen molar-refractivity contribution in [1.29, 1.82) is 0 Å². The lowest BCUT2D eigenvalue weighted by Gasteiger charge is -2.36. The Kier molecular flexibility index (Phi) is 4.95. The van der Waals surface area contributed by atoms with Gasteiger partial charge in [-0.25, -0.2) is 4.39 Å². The van der Waals surface area contributed by atoms with Crippen LogP contribution in [0.4, 0.5) is 4.39 Å². The predicted molar refractivity (Wildman–Crippen MR) is 93.1 cm³/mol. The van der Waals surface area contributed by atoms with Crippen LogP contribution in [-0.4, -0.2) is 42.4 Å². The summed E-state index contributed by atoms with van der Waals surface area (Å²) in [5.41, 5.74) is 3.59. The summed E-state index contributed by atoms with van der Waals surface area (Å²) in [7, 11) is 3.96. The summed E-state index contributed by atoms with van der Waals surface area (Å²) in [5.74, 6) is -0.212. The van der Waals surface area contributed by atoms with Crippen molar-refractivity contribution in [2.45, 2.75) is 25.4 Å². The second kappa shape index (κ2) is 7.14. The molecule has 1 aliphatic rings. The fourth-order valence-corrected chi connectivity index (χ4v) is 3.25. The van der Waals surface area contributed by atoms with Crippen molar-refractivity contribution in [3.8, 4) is 0 Å². The van der Waals surface area contributed by atoms with E-state index in [1.807, 2.05) is 7.05 Å². The highest BCUT2D eigenvalue weighted by Gasteiger charge is 2.25. The summed E-state index contributed by atoms with van der Waals surface area (Å²) in [4.78, 5) is 16.5. The molecule has 0 N–H and O–H groups in total. The Balaban J connectivity index is 1.61. The fraction of sp³-hybridized carbons (Fsp3) is 0.350. The minimum atomic E-state index is -0.276. The van der Waals surface area contributed by atoms with Gasteiger partial charge in [0.15, 0.2) is 0 Å². The van der Waals surface area contributed by atoms with Gasteiger partial charge in [-0.3, -0.25) is 9.69 Å². The normalized spacial score (nSPS) is 17.4. The molecule has 0 aliphatic carbocycles. The maximum Gasteiger partial charge on any atom is 0.226 e. The molecule has 1 unspecified atom stereocenters. The number of likely N-dealkylation sites (N-methyl/N-ethyl adjacent to an activating group) is 2. The van der Waals surface area contributed by atoms with Crippen molar-refractivity contribution in [3.05, 3.63) is 71.0 Å². The molecular formula is C20H23FN2O. The lowest BCUT2D eigenvalue weighted by atomic mass is 9.94. The topological polar surface area (TPSA) is 23.6 Å². The monoisotopic (exact) mass is 326 g/mol. The number of hydrogen-bond donors (Lipinski definition) is 0. The van der Waals surface area contributed by atoms with Crippen LogP contribution in [0.25, 0.3) is 0 Å². The molecule has 0 fully saturated rings. The van der Waals surface area contributed by atoms with Gasteiger partial charge in [0.05, 0.1) is 6.42 Å². The van der Waals surface area contributed by atoms with Gasteiger partial charge in [-0.05, 0) is 42.3 Å². The van der Waals surface area contributed by atoms with Crippen LogP contribution in [0.3, 0.4) is 0 Å². The molecule has 1 atom stereocenters. The van der Waals surface area contributed by atoms with Crippen molar-refractivity contribution in [1.82, 2.24) is 9.80 Å². The number of benzene rings is 2. The molecule has 0 aromatic heterocycles. The van der Waals surface area contributed by atoms with Crippen LogP contribution < -0.4 is 0 Å². The van der Waals surface area contributed by atoms with E-state index in [1.165, 1.54) is 23.3 Å². The number of halogens is 1. The largest absolute Gasteiger partial charge is 0.344 e. The van der Waals surface area contributed by atoms with E-state index in [4.69, 9.17) is 0 Å². The zero-order chi connectivity index (χ0) is 17.1. The summed E-state index contributed by atoms with van der Waals surface area (Å²) in [5, 5.41) is 0. The second-order valence-electron chi connectivity index (χ2n) is 6.62. The fourth-order valence-electron chi connectivity index (χ4n) is 3.25. The smallest absolute Gasteiger partial charge is 0.226 e. The van der Waals surface area contributed by atoms with Crippen LogP contribution in [-0.2, 0) is 24.2 Å². The molecule has 0 saturated carbocycles. The Bertz CT molecular complexity index is 714. The number of rotatable bonds is 4. The number of carbonyl (C=O) groups is 1. The second-order valence-corrected chi connectivity index (χ2v) is 6.62. The first kappa shape index (κ1) is 16.7. The van der Waals surface area contributed by atoms with E-state index in [0.29, 0.717) is 19.0 Å². The van der Waals surface area contributed by atoms with E-state index < -0.39 is 0 Å². The highest BCUT2D eigenvalue weighted by molar-refractivity contribution is 5.78. The van der Waals surface area contributed by atoms with E-state index in [1.54, 1.807) is 17.0 Å². The molecule has 2 aromatic carbocycles. The number of carbonyl (C=O) groups excluding carboxylic acids is 1. The minimum absolute atomic E-state index is 0.0638. The van der Waals surface area contributed by atoms with E-state index in [2.05, 4.69) is 36.2 Å². The summed E-state index contributed by atoms with van der Waals surface area (Å²) < 4.78 is 13.0. The number of amides is 1. The van der Waals surface area contributed by atoms with Gasteiger partial charge >= 0.3 is 0 Å². The average Bonchev–Trinajstić information content (AvgIpc) is 2.57. The molecule has 4 heteroatoms. The molecule has 0 bridgehead atoms. The summed E-state index contributed by atoms with van der Waals surface area (Å²) in [6.45, 7) is 1.62. The Labute approximate surface area is 142 Å². The SMILES string of the molecule is CN(CC1Cc2ccccc2CN1C)C(=O)Cc1ccc(F)cc1. The third-order valence-electron chi connectivity index (χ3n) is 4.80. The number of hydrogen-bond acceptors (Lipinski definition) is 2. The lowest BCUT2D eigenvalue weighted by molar-refractivity contribution is -0.129. The van der Waals surface area contributed by atoms with E-state index >= 15 is 0 Å². The van der Waals surface area contributed by atoms with E-state index in [0.717, 1.165) is 18.5 Å². The predicted octanol–water partition coefficient (Wildman–Crippen LogP) is 2.88. The maximum atomic E-state index is 13.0. The first-order chi connectivity index (χ1) is 11.5. The highest BCUT2D eigenvalue weighted by atomic mass is 19.1. The third-order valence-corrected chi connectivity index (χ3v) is 4.80. The van der Waals surface area contributed by atoms with Gasteiger partial charge in [0.25, 0.3) is 0 Å². The van der Waals surface area contributed by atoms with Gasteiger partial charge in [-0.1, -0.05) is 36.4 Å². The number of fused-ring (bicyclic) bond motifs is 1. The molecule has 126 valence electrons. The molecule has 2 aromatic rings. The molecule has 24 heavy (non-hydrogen) atoms. The highest BCUT2D eigenvalue weighted by Crippen LogP contribution is 2.22. The Morgan fingerprint density at radius 3 is 2.54 bits per heavy atom. The summed E-state index contributed by atoms with van der Waals surface area (Å²) in [6.07, 6.45) is 1.27. The van der Waals surface area contributed by atoms with Crippen LogP contribution in [0, 0.1) is 5.82 Å². The Hall–Kier alpha value is -2.20. The molecule has 3 rings (SSSR count). The van der Waals surface area contributed by atoms with Crippen LogP contribution in [0.2, 0.25) is 0 Å². The first-order valence-corrected chi connectivity index (χ1v) is 8.28.